The summed E-state index contributed by atoms with van der Waals surface area (Å²) in [4.78, 5) is 14.7. The van der Waals surface area contributed by atoms with Gasteiger partial charge in [0.25, 0.3) is 0 Å². The zero-order valence-electron chi connectivity index (χ0n) is 14.3. The van der Waals surface area contributed by atoms with Gasteiger partial charge in [-0.05, 0) is 57.8 Å². The van der Waals surface area contributed by atoms with E-state index in [2.05, 4.69) is 25.7 Å². The number of hydrogen-bond acceptors (Lipinski definition) is 3. The highest BCUT2D eigenvalue weighted by Crippen LogP contribution is 2.36. The molecular weight excluding hydrogens is 262 g/mol. The minimum atomic E-state index is 0.0390. The predicted molar refractivity (Wildman–Crippen MR) is 86.1 cm³/mol. The van der Waals surface area contributed by atoms with Crippen LogP contribution < -0.4 is 0 Å². The summed E-state index contributed by atoms with van der Waals surface area (Å²) >= 11 is 0. The van der Waals surface area contributed by atoms with Crippen LogP contribution in [0.15, 0.2) is 0 Å². The Bertz CT molecular complexity index is 338. The number of rotatable bonds is 7. The van der Waals surface area contributed by atoms with Gasteiger partial charge >= 0.3 is 5.97 Å². The largest absolute Gasteiger partial charge is 0.466 e. The Labute approximate surface area is 130 Å². The molecule has 3 unspecified atom stereocenters. The van der Waals surface area contributed by atoms with Gasteiger partial charge in [-0.1, -0.05) is 20.3 Å². The van der Waals surface area contributed by atoms with Gasteiger partial charge in [-0.2, -0.15) is 0 Å². The molecule has 0 heterocycles. The number of nitrogens with zero attached hydrogens (tertiary/aromatic N) is 1. The highest BCUT2D eigenvalue weighted by Gasteiger charge is 2.36. The topological polar surface area (TPSA) is 29.5 Å². The average molecular weight is 295 g/mol. The Morgan fingerprint density at radius 2 is 1.90 bits per heavy atom. The Morgan fingerprint density at radius 3 is 2.48 bits per heavy atom. The van der Waals surface area contributed by atoms with Gasteiger partial charge in [0, 0.05) is 18.6 Å². The van der Waals surface area contributed by atoms with E-state index in [1.165, 1.54) is 32.2 Å². The molecular formula is C18H33NO2. The van der Waals surface area contributed by atoms with Gasteiger partial charge < -0.3 is 4.74 Å². The van der Waals surface area contributed by atoms with Crippen LogP contribution in [0.2, 0.25) is 0 Å². The maximum Gasteiger partial charge on any atom is 0.308 e. The molecule has 0 spiro atoms. The second kappa shape index (κ2) is 7.62. The van der Waals surface area contributed by atoms with Crippen LogP contribution in [0.4, 0.5) is 0 Å². The molecule has 0 aromatic heterocycles. The van der Waals surface area contributed by atoms with E-state index in [0.717, 1.165) is 18.9 Å². The number of hydrogen-bond donors (Lipinski definition) is 0. The molecule has 122 valence electrons. The molecule has 2 fully saturated rings. The van der Waals surface area contributed by atoms with Gasteiger partial charge in [0.05, 0.1) is 12.5 Å². The van der Waals surface area contributed by atoms with Crippen molar-refractivity contribution in [2.75, 3.05) is 13.2 Å². The van der Waals surface area contributed by atoms with Crippen molar-refractivity contribution < 1.29 is 9.53 Å². The normalized spacial score (nSPS) is 27.9. The summed E-state index contributed by atoms with van der Waals surface area (Å²) < 4.78 is 5.23. The highest BCUT2D eigenvalue weighted by molar-refractivity contribution is 5.72. The standard InChI is InChI=1S/C18H33NO2/c1-5-21-18(20)16-8-6-7-15(11-16)12-19(17-9-10-17)14(4)13(2)3/h13-17H,5-12H2,1-4H3. The lowest BCUT2D eigenvalue weighted by Crippen LogP contribution is -2.42. The fraction of sp³-hybridized carbons (Fsp3) is 0.944. The zero-order valence-corrected chi connectivity index (χ0v) is 14.3. The highest BCUT2D eigenvalue weighted by atomic mass is 16.5. The lowest BCUT2D eigenvalue weighted by atomic mass is 9.81. The van der Waals surface area contributed by atoms with Crippen LogP contribution in [0.3, 0.4) is 0 Å². The van der Waals surface area contributed by atoms with E-state index in [0.29, 0.717) is 24.5 Å². The third-order valence-electron chi connectivity index (χ3n) is 5.38. The van der Waals surface area contributed by atoms with Crippen LogP contribution in [0.5, 0.6) is 0 Å². The van der Waals surface area contributed by atoms with Gasteiger partial charge in [0.2, 0.25) is 0 Å². The molecule has 0 saturated heterocycles. The van der Waals surface area contributed by atoms with E-state index >= 15 is 0 Å². The maximum atomic E-state index is 12.0. The van der Waals surface area contributed by atoms with Crippen molar-refractivity contribution in [1.82, 2.24) is 4.90 Å². The van der Waals surface area contributed by atoms with Gasteiger partial charge in [-0.3, -0.25) is 9.69 Å². The minimum Gasteiger partial charge on any atom is -0.466 e. The molecule has 0 aromatic carbocycles. The summed E-state index contributed by atoms with van der Waals surface area (Å²) in [6.07, 6.45) is 7.26. The second-order valence-electron chi connectivity index (χ2n) is 7.39. The number of carbonyl (C=O) groups excluding carboxylic acids is 1. The summed E-state index contributed by atoms with van der Waals surface area (Å²) in [5.41, 5.74) is 0. The smallest absolute Gasteiger partial charge is 0.308 e. The van der Waals surface area contributed by atoms with E-state index < -0.39 is 0 Å². The fourth-order valence-electron chi connectivity index (χ4n) is 3.67. The third-order valence-corrected chi connectivity index (χ3v) is 5.38. The average Bonchev–Trinajstić information content (AvgIpc) is 3.29. The van der Waals surface area contributed by atoms with Crippen LogP contribution in [0.1, 0.15) is 66.2 Å². The molecule has 0 N–H and O–H groups in total. The molecule has 3 heteroatoms. The molecule has 3 atom stereocenters. The van der Waals surface area contributed by atoms with Gasteiger partial charge in [-0.15, -0.1) is 0 Å². The molecule has 0 radical (unpaired) electrons. The minimum absolute atomic E-state index is 0.0390. The molecule has 2 aliphatic carbocycles. The predicted octanol–water partition coefficient (Wildman–Crippen LogP) is 3.86. The van der Waals surface area contributed by atoms with Crippen molar-refractivity contribution in [1.29, 1.82) is 0 Å². The summed E-state index contributed by atoms with van der Waals surface area (Å²) in [6.45, 7) is 10.6. The Hall–Kier alpha value is -0.570. The first-order valence-corrected chi connectivity index (χ1v) is 8.95. The summed E-state index contributed by atoms with van der Waals surface area (Å²) in [7, 11) is 0. The SMILES string of the molecule is CCOC(=O)C1CCCC(CN(C2CC2)C(C)C(C)C)C1. The first-order valence-electron chi connectivity index (χ1n) is 8.95. The molecule has 2 saturated carbocycles. The molecule has 0 aliphatic heterocycles. The molecule has 0 amide bonds. The Kier molecular flexibility index (Phi) is 6.09. The number of carbonyl (C=O) groups is 1. The van der Waals surface area contributed by atoms with Crippen molar-refractivity contribution in [3.63, 3.8) is 0 Å². The van der Waals surface area contributed by atoms with Crippen molar-refractivity contribution in [3.8, 4) is 0 Å². The summed E-state index contributed by atoms with van der Waals surface area (Å²) in [6, 6.07) is 1.46. The van der Waals surface area contributed by atoms with Crippen LogP contribution in [0, 0.1) is 17.8 Å². The Balaban J connectivity index is 1.89. The first-order chi connectivity index (χ1) is 10.0. The van der Waals surface area contributed by atoms with Gasteiger partial charge in [0.1, 0.15) is 0 Å². The number of ether oxygens (including phenoxy) is 1. The van der Waals surface area contributed by atoms with Crippen LogP contribution in [-0.2, 0) is 9.53 Å². The van der Waals surface area contributed by atoms with Crippen LogP contribution in [-0.4, -0.2) is 36.1 Å². The van der Waals surface area contributed by atoms with E-state index in [1.54, 1.807) is 0 Å². The summed E-state index contributed by atoms with van der Waals surface area (Å²) in [5, 5.41) is 0. The molecule has 2 rings (SSSR count). The van der Waals surface area contributed by atoms with E-state index in [1.807, 2.05) is 6.92 Å². The van der Waals surface area contributed by atoms with Crippen molar-refractivity contribution in [3.05, 3.63) is 0 Å². The molecule has 21 heavy (non-hydrogen) atoms. The monoisotopic (exact) mass is 295 g/mol. The lowest BCUT2D eigenvalue weighted by Gasteiger charge is -2.37. The third kappa shape index (κ3) is 4.70. The van der Waals surface area contributed by atoms with Crippen LogP contribution >= 0.6 is 0 Å². The maximum absolute atomic E-state index is 12.0. The van der Waals surface area contributed by atoms with Gasteiger partial charge in [-0.25, -0.2) is 0 Å². The lowest BCUT2D eigenvalue weighted by molar-refractivity contribution is -0.149. The van der Waals surface area contributed by atoms with Crippen molar-refractivity contribution in [2.24, 2.45) is 17.8 Å². The molecule has 0 bridgehead atoms. The van der Waals surface area contributed by atoms with Gasteiger partial charge in [0.15, 0.2) is 0 Å². The van der Waals surface area contributed by atoms with Crippen molar-refractivity contribution in [2.45, 2.75) is 78.3 Å². The summed E-state index contributed by atoms with van der Waals surface area (Å²) in [5.74, 6) is 1.57. The molecule has 0 aromatic rings. The molecule has 3 nitrogen and oxygen atoms in total. The Morgan fingerprint density at radius 1 is 1.19 bits per heavy atom. The first kappa shape index (κ1) is 16.8. The van der Waals surface area contributed by atoms with Crippen molar-refractivity contribution >= 4 is 5.97 Å². The van der Waals surface area contributed by atoms with E-state index in [9.17, 15) is 4.79 Å². The quantitative estimate of drug-likeness (QED) is 0.668. The van der Waals surface area contributed by atoms with E-state index in [-0.39, 0.29) is 11.9 Å². The molecule has 2 aliphatic rings. The van der Waals surface area contributed by atoms with E-state index in [4.69, 9.17) is 4.74 Å². The zero-order chi connectivity index (χ0) is 15.4. The second-order valence-corrected chi connectivity index (χ2v) is 7.39. The fourth-order valence-corrected chi connectivity index (χ4v) is 3.67. The number of esters is 1. The van der Waals surface area contributed by atoms with Crippen LogP contribution in [0.25, 0.3) is 0 Å².